The maximum absolute atomic E-state index is 10.6. The summed E-state index contributed by atoms with van der Waals surface area (Å²) < 4.78 is 0. The van der Waals surface area contributed by atoms with Gasteiger partial charge in [0.25, 0.3) is 0 Å². The second-order valence-electron chi connectivity index (χ2n) is 5.52. The number of hydrogen-bond acceptors (Lipinski definition) is 1. The van der Waals surface area contributed by atoms with Gasteiger partial charge in [-0.3, -0.25) is 4.79 Å². The van der Waals surface area contributed by atoms with Crippen LogP contribution in [0.4, 0.5) is 0 Å². The van der Waals surface area contributed by atoms with Crippen LogP contribution < -0.4 is 0 Å². The van der Waals surface area contributed by atoms with Crippen LogP contribution in [0.25, 0.3) is 0 Å². The van der Waals surface area contributed by atoms with Crippen LogP contribution >= 0.6 is 0 Å². The number of rotatable bonds is 13. The van der Waals surface area contributed by atoms with E-state index in [1.807, 2.05) is 6.08 Å². The lowest BCUT2D eigenvalue weighted by molar-refractivity contribution is -0.140. The largest absolute Gasteiger partial charge is 0.481 e. The molecule has 0 bridgehead atoms. The zero-order valence-corrected chi connectivity index (χ0v) is 14.7. The SMILES string of the molecule is CC/C=C\C/C=C\C/C=C\C/C=C\CC/C=C/CC(C)C(=O)O. The average Bonchev–Trinajstić information content (AvgIpc) is 2.54. The molecule has 0 aromatic heterocycles. The van der Waals surface area contributed by atoms with E-state index in [4.69, 9.17) is 5.11 Å². The average molecular weight is 316 g/mol. The molecule has 0 rings (SSSR count). The molecule has 2 heteroatoms. The van der Waals surface area contributed by atoms with E-state index in [9.17, 15) is 4.79 Å². The van der Waals surface area contributed by atoms with E-state index in [1.54, 1.807) is 6.92 Å². The molecule has 1 unspecified atom stereocenters. The summed E-state index contributed by atoms with van der Waals surface area (Å²) in [4.78, 5) is 10.6. The third-order valence-corrected chi connectivity index (χ3v) is 3.30. The highest BCUT2D eigenvalue weighted by atomic mass is 16.4. The molecule has 0 saturated heterocycles. The van der Waals surface area contributed by atoms with Gasteiger partial charge in [-0.2, -0.15) is 0 Å². The summed E-state index contributed by atoms with van der Waals surface area (Å²) in [6.45, 7) is 3.88. The van der Waals surface area contributed by atoms with Crippen molar-refractivity contribution in [2.24, 2.45) is 5.92 Å². The fourth-order valence-electron chi connectivity index (χ4n) is 1.81. The highest BCUT2D eigenvalue weighted by Gasteiger charge is 2.06. The Bertz CT molecular complexity index is 425. The van der Waals surface area contributed by atoms with Gasteiger partial charge in [-0.15, -0.1) is 0 Å². The number of carboxylic acid groups (broad SMARTS) is 1. The Morgan fingerprint density at radius 2 is 1.22 bits per heavy atom. The summed E-state index contributed by atoms with van der Waals surface area (Å²) in [5.41, 5.74) is 0. The molecular formula is C21H32O2. The van der Waals surface area contributed by atoms with Crippen LogP contribution in [0.15, 0.2) is 60.8 Å². The monoisotopic (exact) mass is 316 g/mol. The summed E-state index contributed by atoms with van der Waals surface area (Å²) in [6, 6.07) is 0. The second-order valence-corrected chi connectivity index (χ2v) is 5.52. The Morgan fingerprint density at radius 1 is 0.783 bits per heavy atom. The number of aliphatic carboxylic acids is 1. The van der Waals surface area contributed by atoms with Crippen LogP contribution in [0.2, 0.25) is 0 Å². The molecule has 128 valence electrons. The third kappa shape index (κ3) is 16.4. The van der Waals surface area contributed by atoms with Crippen LogP contribution in [0.5, 0.6) is 0 Å². The number of hydrogen-bond donors (Lipinski definition) is 1. The normalized spacial score (nSPS) is 14.2. The van der Waals surface area contributed by atoms with Gasteiger partial charge < -0.3 is 5.11 Å². The van der Waals surface area contributed by atoms with Crippen molar-refractivity contribution in [3.8, 4) is 0 Å². The van der Waals surface area contributed by atoms with E-state index >= 15 is 0 Å². The molecule has 0 heterocycles. The van der Waals surface area contributed by atoms with Crippen LogP contribution in [0, 0.1) is 5.92 Å². The van der Waals surface area contributed by atoms with Gasteiger partial charge in [0, 0.05) is 0 Å². The van der Waals surface area contributed by atoms with Crippen molar-refractivity contribution in [1.82, 2.24) is 0 Å². The fraction of sp³-hybridized carbons (Fsp3) is 0.476. The van der Waals surface area contributed by atoms with Crippen LogP contribution in [0.3, 0.4) is 0 Å². The Kier molecular flexibility index (Phi) is 15.2. The molecular weight excluding hydrogens is 284 g/mol. The van der Waals surface area contributed by atoms with Crippen molar-refractivity contribution in [3.63, 3.8) is 0 Å². The first-order valence-corrected chi connectivity index (χ1v) is 8.66. The minimum Gasteiger partial charge on any atom is -0.481 e. The molecule has 23 heavy (non-hydrogen) atoms. The lowest BCUT2D eigenvalue weighted by Gasteiger charge is -1.99. The van der Waals surface area contributed by atoms with E-state index in [-0.39, 0.29) is 5.92 Å². The quantitative estimate of drug-likeness (QED) is 0.322. The third-order valence-electron chi connectivity index (χ3n) is 3.30. The minimum atomic E-state index is -0.728. The van der Waals surface area contributed by atoms with E-state index in [0.717, 1.165) is 38.5 Å². The molecule has 0 aliphatic rings. The molecule has 0 amide bonds. The van der Waals surface area contributed by atoms with E-state index in [0.29, 0.717) is 6.42 Å². The van der Waals surface area contributed by atoms with Crippen LogP contribution in [-0.4, -0.2) is 11.1 Å². The molecule has 0 aromatic carbocycles. The van der Waals surface area contributed by atoms with Gasteiger partial charge in [-0.05, 0) is 44.9 Å². The molecule has 0 fully saturated rings. The molecule has 0 saturated carbocycles. The molecule has 0 aliphatic carbocycles. The maximum atomic E-state index is 10.6. The van der Waals surface area contributed by atoms with E-state index < -0.39 is 5.97 Å². The predicted octanol–water partition coefficient (Wildman–Crippen LogP) is 6.24. The highest BCUT2D eigenvalue weighted by Crippen LogP contribution is 2.04. The Hall–Kier alpha value is -1.83. The zero-order chi connectivity index (χ0) is 17.2. The smallest absolute Gasteiger partial charge is 0.306 e. The van der Waals surface area contributed by atoms with Crippen molar-refractivity contribution in [2.75, 3.05) is 0 Å². The van der Waals surface area contributed by atoms with Gasteiger partial charge in [-0.1, -0.05) is 74.6 Å². The van der Waals surface area contributed by atoms with Gasteiger partial charge in [0.15, 0.2) is 0 Å². The van der Waals surface area contributed by atoms with Gasteiger partial charge >= 0.3 is 5.97 Å². The first-order valence-electron chi connectivity index (χ1n) is 8.66. The van der Waals surface area contributed by atoms with Gasteiger partial charge in [0.05, 0.1) is 5.92 Å². The number of unbranched alkanes of at least 4 members (excludes halogenated alkanes) is 1. The standard InChI is InChI=1S/C21H32O2/c1-3-4-5-6-7-8-9-10-11-12-13-14-15-16-17-18-19-20(2)21(22)23/h4-5,7-8,10-11,13-14,17-18,20H,3,6,9,12,15-16,19H2,1-2H3,(H,22,23)/b5-4-,8-7-,11-10-,14-13-,18-17+. The predicted molar refractivity (Wildman–Crippen MR) is 100 cm³/mol. The fourth-order valence-corrected chi connectivity index (χ4v) is 1.81. The first-order chi connectivity index (χ1) is 11.2. The van der Waals surface area contributed by atoms with Crippen LogP contribution in [-0.2, 0) is 4.79 Å². The lowest BCUT2D eigenvalue weighted by Crippen LogP contribution is -2.07. The molecule has 2 nitrogen and oxygen atoms in total. The van der Waals surface area contributed by atoms with E-state index in [1.165, 1.54) is 0 Å². The maximum Gasteiger partial charge on any atom is 0.306 e. The summed E-state index contributed by atoms with van der Waals surface area (Å²) >= 11 is 0. The molecule has 0 radical (unpaired) electrons. The number of carboxylic acids is 1. The topological polar surface area (TPSA) is 37.3 Å². The van der Waals surface area contributed by atoms with Crippen molar-refractivity contribution >= 4 is 5.97 Å². The number of carbonyl (C=O) groups is 1. The summed E-state index contributed by atoms with van der Waals surface area (Å²) in [5.74, 6) is -1.02. The Balaban J connectivity index is 3.53. The molecule has 0 aliphatic heterocycles. The summed E-state index contributed by atoms with van der Waals surface area (Å²) in [7, 11) is 0. The number of allylic oxidation sites excluding steroid dienone is 10. The lowest BCUT2D eigenvalue weighted by atomic mass is 10.1. The van der Waals surface area contributed by atoms with E-state index in [2.05, 4.69) is 61.6 Å². The molecule has 0 aromatic rings. The molecule has 0 spiro atoms. The van der Waals surface area contributed by atoms with Crippen molar-refractivity contribution < 1.29 is 9.90 Å². The van der Waals surface area contributed by atoms with Gasteiger partial charge in [0.2, 0.25) is 0 Å². The minimum absolute atomic E-state index is 0.288. The van der Waals surface area contributed by atoms with Crippen molar-refractivity contribution in [1.29, 1.82) is 0 Å². The summed E-state index contributed by atoms with van der Waals surface area (Å²) in [5, 5.41) is 8.75. The Labute approximate surface area is 142 Å². The Morgan fingerprint density at radius 3 is 1.70 bits per heavy atom. The van der Waals surface area contributed by atoms with Gasteiger partial charge in [-0.25, -0.2) is 0 Å². The molecule has 1 atom stereocenters. The highest BCUT2D eigenvalue weighted by molar-refractivity contribution is 5.69. The summed E-state index contributed by atoms with van der Waals surface area (Å²) in [6.07, 6.45) is 28.3. The van der Waals surface area contributed by atoms with Crippen molar-refractivity contribution in [2.45, 2.75) is 58.8 Å². The van der Waals surface area contributed by atoms with Gasteiger partial charge in [0.1, 0.15) is 0 Å². The first kappa shape index (κ1) is 21.2. The van der Waals surface area contributed by atoms with Crippen LogP contribution in [0.1, 0.15) is 58.8 Å². The molecule has 1 N–H and O–H groups in total. The zero-order valence-electron chi connectivity index (χ0n) is 14.7. The second kappa shape index (κ2) is 16.5. The van der Waals surface area contributed by atoms with Crippen molar-refractivity contribution in [3.05, 3.63) is 60.8 Å².